The molecular weight excluding hydrogens is 233 g/mol. The fourth-order valence-electron chi connectivity index (χ4n) is 2.03. The van der Waals surface area contributed by atoms with Crippen molar-refractivity contribution in [2.75, 3.05) is 19.8 Å². The summed E-state index contributed by atoms with van der Waals surface area (Å²) in [5.41, 5.74) is 6.49. The monoisotopic (exact) mass is 253 g/mol. The fourth-order valence-corrected chi connectivity index (χ4v) is 2.03. The van der Waals surface area contributed by atoms with Crippen molar-refractivity contribution in [2.45, 2.75) is 31.8 Å². The molecule has 100 valence electrons. The molecule has 1 aliphatic rings. The van der Waals surface area contributed by atoms with Gasteiger partial charge in [-0.1, -0.05) is 13.0 Å². The van der Waals surface area contributed by atoms with Gasteiger partial charge in [0.1, 0.15) is 6.10 Å². The van der Waals surface area contributed by atoms with Gasteiger partial charge in [0.15, 0.2) is 11.6 Å². The first-order valence-electron chi connectivity index (χ1n) is 6.44. The summed E-state index contributed by atoms with van der Waals surface area (Å²) in [6.07, 6.45) is 1.70. The topological polar surface area (TPSA) is 44.5 Å². The molecule has 3 nitrogen and oxygen atoms in total. The molecule has 0 spiro atoms. The van der Waals surface area contributed by atoms with Crippen LogP contribution in [0.15, 0.2) is 18.2 Å². The third kappa shape index (κ3) is 3.21. The molecule has 2 N–H and O–H groups in total. The molecule has 0 bridgehead atoms. The highest BCUT2D eigenvalue weighted by Crippen LogP contribution is 2.25. The number of benzene rings is 1. The van der Waals surface area contributed by atoms with Crippen LogP contribution >= 0.6 is 0 Å². The van der Waals surface area contributed by atoms with Crippen LogP contribution in [0.1, 0.15) is 31.2 Å². The highest BCUT2D eigenvalue weighted by molar-refractivity contribution is 5.31. The maximum Gasteiger partial charge on any atom is 0.165 e. The molecule has 18 heavy (non-hydrogen) atoms. The number of halogens is 1. The van der Waals surface area contributed by atoms with Crippen molar-refractivity contribution < 1.29 is 13.9 Å². The van der Waals surface area contributed by atoms with Gasteiger partial charge in [-0.25, -0.2) is 4.39 Å². The van der Waals surface area contributed by atoms with E-state index in [-0.39, 0.29) is 17.8 Å². The van der Waals surface area contributed by atoms with Crippen LogP contribution in [0.2, 0.25) is 0 Å². The molecule has 0 aromatic heterocycles. The average molecular weight is 253 g/mol. The molecule has 0 amide bonds. The van der Waals surface area contributed by atoms with Gasteiger partial charge in [0.2, 0.25) is 0 Å². The van der Waals surface area contributed by atoms with Crippen LogP contribution in [0.25, 0.3) is 0 Å². The van der Waals surface area contributed by atoms with Crippen LogP contribution in [0, 0.1) is 5.82 Å². The zero-order valence-corrected chi connectivity index (χ0v) is 10.7. The first-order valence-corrected chi connectivity index (χ1v) is 6.44. The average Bonchev–Trinajstić information content (AvgIpc) is 2.41. The summed E-state index contributed by atoms with van der Waals surface area (Å²) in [5.74, 6) is 0.186. The van der Waals surface area contributed by atoms with E-state index < -0.39 is 0 Å². The summed E-state index contributed by atoms with van der Waals surface area (Å²) in [4.78, 5) is 0. The summed E-state index contributed by atoms with van der Waals surface area (Å²) < 4.78 is 24.8. The largest absolute Gasteiger partial charge is 0.487 e. The maximum absolute atomic E-state index is 13.9. The normalized spacial score (nSPS) is 18.6. The third-order valence-electron chi connectivity index (χ3n) is 3.34. The van der Waals surface area contributed by atoms with Crippen LogP contribution in [-0.2, 0) is 4.74 Å². The van der Waals surface area contributed by atoms with Crippen molar-refractivity contribution in [3.8, 4) is 5.75 Å². The molecule has 0 radical (unpaired) electrons. The molecule has 1 aromatic rings. The van der Waals surface area contributed by atoms with E-state index in [4.69, 9.17) is 15.2 Å². The number of rotatable bonds is 4. The van der Waals surface area contributed by atoms with Crippen molar-refractivity contribution in [3.63, 3.8) is 0 Å². The number of hydrogen-bond donors (Lipinski definition) is 1. The van der Waals surface area contributed by atoms with Gasteiger partial charge < -0.3 is 15.2 Å². The van der Waals surface area contributed by atoms with Gasteiger partial charge in [0, 0.05) is 12.8 Å². The van der Waals surface area contributed by atoms with Gasteiger partial charge in [-0.15, -0.1) is 0 Å². The first-order chi connectivity index (χ1) is 8.70. The van der Waals surface area contributed by atoms with E-state index in [1.165, 1.54) is 6.07 Å². The van der Waals surface area contributed by atoms with E-state index >= 15 is 0 Å². The van der Waals surface area contributed by atoms with E-state index in [1.807, 2.05) is 13.0 Å². The van der Waals surface area contributed by atoms with Crippen molar-refractivity contribution in [1.29, 1.82) is 0 Å². The molecule has 1 fully saturated rings. The molecule has 1 aliphatic heterocycles. The molecule has 0 aliphatic carbocycles. The van der Waals surface area contributed by atoms with E-state index in [0.29, 0.717) is 25.5 Å². The zero-order chi connectivity index (χ0) is 13.0. The smallest absolute Gasteiger partial charge is 0.165 e. The Kier molecular flexibility index (Phi) is 4.55. The van der Waals surface area contributed by atoms with Gasteiger partial charge >= 0.3 is 0 Å². The number of nitrogens with two attached hydrogens (primary N) is 1. The van der Waals surface area contributed by atoms with Crippen molar-refractivity contribution in [1.82, 2.24) is 0 Å². The third-order valence-corrected chi connectivity index (χ3v) is 3.34. The van der Waals surface area contributed by atoms with Crippen molar-refractivity contribution >= 4 is 0 Å². The molecule has 2 rings (SSSR count). The van der Waals surface area contributed by atoms with E-state index in [9.17, 15) is 4.39 Å². The molecule has 1 heterocycles. The SMILES string of the molecule is CC(CN)c1ccc(OC2CCOCC2)c(F)c1. The van der Waals surface area contributed by atoms with Crippen LogP contribution in [0.3, 0.4) is 0 Å². The molecular formula is C14H20FNO2. The summed E-state index contributed by atoms with van der Waals surface area (Å²) in [5, 5.41) is 0. The van der Waals surface area contributed by atoms with Crippen molar-refractivity contribution in [2.24, 2.45) is 5.73 Å². The summed E-state index contributed by atoms with van der Waals surface area (Å²) in [6, 6.07) is 5.10. The molecule has 1 atom stereocenters. The second kappa shape index (κ2) is 6.16. The van der Waals surface area contributed by atoms with Crippen LogP contribution in [-0.4, -0.2) is 25.9 Å². The Morgan fingerprint density at radius 2 is 2.17 bits per heavy atom. The van der Waals surface area contributed by atoms with E-state index in [0.717, 1.165) is 18.4 Å². The van der Waals surface area contributed by atoms with Gasteiger partial charge in [-0.2, -0.15) is 0 Å². The lowest BCUT2D eigenvalue weighted by Crippen LogP contribution is -2.26. The Morgan fingerprint density at radius 1 is 1.44 bits per heavy atom. The minimum absolute atomic E-state index is 0.0611. The quantitative estimate of drug-likeness (QED) is 0.896. The van der Waals surface area contributed by atoms with Gasteiger partial charge in [-0.3, -0.25) is 0 Å². The van der Waals surface area contributed by atoms with Gasteiger partial charge in [0.05, 0.1) is 13.2 Å². The second-order valence-corrected chi connectivity index (χ2v) is 4.76. The van der Waals surface area contributed by atoms with Crippen LogP contribution < -0.4 is 10.5 Å². The second-order valence-electron chi connectivity index (χ2n) is 4.76. The first kappa shape index (κ1) is 13.3. The minimum Gasteiger partial charge on any atom is -0.487 e. The molecule has 1 unspecified atom stereocenters. The Hall–Kier alpha value is -1.13. The molecule has 1 aromatic carbocycles. The highest BCUT2D eigenvalue weighted by Gasteiger charge is 2.17. The van der Waals surface area contributed by atoms with E-state index in [1.54, 1.807) is 6.07 Å². The molecule has 1 saturated heterocycles. The van der Waals surface area contributed by atoms with Gasteiger partial charge in [0.25, 0.3) is 0 Å². The van der Waals surface area contributed by atoms with Crippen molar-refractivity contribution in [3.05, 3.63) is 29.6 Å². The highest BCUT2D eigenvalue weighted by atomic mass is 19.1. The summed E-state index contributed by atoms with van der Waals surface area (Å²) >= 11 is 0. The number of ether oxygens (including phenoxy) is 2. The molecule has 0 saturated carbocycles. The van der Waals surface area contributed by atoms with Crippen LogP contribution in [0.5, 0.6) is 5.75 Å². The summed E-state index contributed by atoms with van der Waals surface area (Å²) in [7, 11) is 0. The Labute approximate surface area is 107 Å². The molecule has 4 heteroatoms. The lowest BCUT2D eigenvalue weighted by atomic mass is 10.0. The van der Waals surface area contributed by atoms with Crippen LogP contribution in [0.4, 0.5) is 4.39 Å². The predicted molar refractivity (Wildman–Crippen MR) is 68.3 cm³/mol. The van der Waals surface area contributed by atoms with E-state index in [2.05, 4.69) is 0 Å². The van der Waals surface area contributed by atoms with Gasteiger partial charge in [-0.05, 0) is 30.2 Å². The summed E-state index contributed by atoms with van der Waals surface area (Å²) in [6.45, 7) is 3.87. The Morgan fingerprint density at radius 3 is 2.78 bits per heavy atom. The maximum atomic E-state index is 13.9. The fraction of sp³-hybridized carbons (Fsp3) is 0.571. The standard InChI is InChI=1S/C14H20FNO2/c1-10(9-16)11-2-3-14(13(15)8-11)18-12-4-6-17-7-5-12/h2-3,8,10,12H,4-7,9,16H2,1H3. The number of hydrogen-bond acceptors (Lipinski definition) is 3. The zero-order valence-electron chi connectivity index (χ0n) is 10.7. The lowest BCUT2D eigenvalue weighted by molar-refractivity contribution is 0.0240. The minimum atomic E-state index is -0.306. The predicted octanol–water partition coefficient (Wildman–Crippen LogP) is 2.45. The lowest BCUT2D eigenvalue weighted by Gasteiger charge is -2.23. The Bertz CT molecular complexity index is 391. The Balaban J connectivity index is 2.04.